The maximum Gasteiger partial charge on any atom is 0.103 e. The first kappa shape index (κ1) is 8.36. The van der Waals surface area contributed by atoms with E-state index in [1.807, 2.05) is 6.92 Å². The summed E-state index contributed by atoms with van der Waals surface area (Å²) in [5.74, 6) is 5.64. The zero-order valence-corrected chi connectivity index (χ0v) is 7.13. The van der Waals surface area contributed by atoms with Gasteiger partial charge in [0, 0.05) is 6.20 Å². The molecule has 1 heterocycles. The quantitative estimate of drug-likeness (QED) is 0.575. The molecule has 0 aliphatic carbocycles. The molecular weight excluding hydrogens is 150 g/mol. The first-order chi connectivity index (χ1) is 5.77. The lowest BCUT2D eigenvalue weighted by atomic mass is 10.3. The molecule has 0 unspecified atom stereocenters. The van der Waals surface area contributed by atoms with Crippen LogP contribution in [-0.2, 0) is 6.54 Å². The predicted molar refractivity (Wildman–Crippen MR) is 45.1 cm³/mol. The second-order valence-electron chi connectivity index (χ2n) is 2.36. The highest BCUT2D eigenvalue weighted by molar-refractivity contribution is 5.29. The molecule has 0 N–H and O–H groups in total. The van der Waals surface area contributed by atoms with Crippen molar-refractivity contribution in [2.24, 2.45) is 0 Å². The Labute approximate surface area is 71.6 Å². The molecule has 1 aromatic rings. The maximum absolute atomic E-state index is 8.62. The van der Waals surface area contributed by atoms with Crippen molar-refractivity contribution in [1.29, 1.82) is 5.26 Å². The number of aryl methyl sites for hydroxylation is 1. The summed E-state index contributed by atoms with van der Waals surface area (Å²) in [6.07, 6.45) is 1.71. The average Bonchev–Trinajstić information content (AvgIpc) is 2.43. The minimum atomic E-state index is 0.555. The van der Waals surface area contributed by atoms with Gasteiger partial charge in [0.15, 0.2) is 0 Å². The normalized spacial score (nSPS) is 8.42. The van der Waals surface area contributed by atoms with Crippen molar-refractivity contribution in [3.63, 3.8) is 0 Å². The molecule has 0 fully saturated rings. The van der Waals surface area contributed by atoms with Gasteiger partial charge in [-0.2, -0.15) is 10.4 Å². The molecule has 0 saturated heterocycles. The highest BCUT2D eigenvalue weighted by Crippen LogP contribution is 2.02. The van der Waals surface area contributed by atoms with Crippen molar-refractivity contribution >= 4 is 0 Å². The molecule has 0 bridgehead atoms. The van der Waals surface area contributed by atoms with Crippen molar-refractivity contribution in [2.75, 3.05) is 0 Å². The summed E-state index contributed by atoms with van der Waals surface area (Å²) in [6, 6.07) is 2.06. The van der Waals surface area contributed by atoms with Crippen LogP contribution < -0.4 is 0 Å². The van der Waals surface area contributed by atoms with Gasteiger partial charge in [0.1, 0.15) is 12.6 Å². The number of aromatic nitrogens is 2. The van der Waals surface area contributed by atoms with Gasteiger partial charge >= 0.3 is 0 Å². The number of hydrogen-bond donors (Lipinski definition) is 0. The standard InChI is InChI=1S/C9H9N3/c1-3-4-5-12-7-9(6-10)8(2)11-12/h7H,5H2,1-2H3. The predicted octanol–water partition coefficient (Wildman–Crippen LogP) is 1.09. The molecular formula is C9H9N3. The second-order valence-corrected chi connectivity index (χ2v) is 2.36. The summed E-state index contributed by atoms with van der Waals surface area (Å²) in [4.78, 5) is 0. The topological polar surface area (TPSA) is 41.6 Å². The van der Waals surface area contributed by atoms with Crippen LogP contribution in [0.4, 0.5) is 0 Å². The summed E-state index contributed by atoms with van der Waals surface area (Å²) in [5, 5.41) is 12.7. The van der Waals surface area contributed by atoms with Gasteiger partial charge in [-0.05, 0) is 13.8 Å². The summed E-state index contributed by atoms with van der Waals surface area (Å²) in [6.45, 7) is 4.15. The molecule has 3 heteroatoms. The van der Waals surface area contributed by atoms with E-state index < -0.39 is 0 Å². The first-order valence-corrected chi connectivity index (χ1v) is 3.61. The highest BCUT2D eigenvalue weighted by atomic mass is 15.3. The Bertz CT molecular complexity index is 371. The number of rotatable bonds is 1. The minimum absolute atomic E-state index is 0.555. The van der Waals surface area contributed by atoms with E-state index in [9.17, 15) is 0 Å². The van der Waals surface area contributed by atoms with E-state index in [0.29, 0.717) is 12.1 Å². The fourth-order valence-corrected chi connectivity index (χ4v) is 0.869. The van der Waals surface area contributed by atoms with Crippen molar-refractivity contribution in [3.05, 3.63) is 17.5 Å². The summed E-state index contributed by atoms with van der Waals surface area (Å²) in [5.41, 5.74) is 1.38. The van der Waals surface area contributed by atoms with E-state index in [-0.39, 0.29) is 0 Å². The molecule has 0 aromatic carbocycles. The largest absolute Gasteiger partial charge is 0.259 e. The molecule has 3 nitrogen and oxygen atoms in total. The van der Waals surface area contributed by atoms with E-state index in [1.165, 1.54) is 0 Å². The van der Waals surface area contributed by atoms with E-state index in [4.69, 9.17) is 5.26 Å². The van der Waals surface area contributed by atoms with Gasteiger partial charge in [-0.25, -0.2) is 0 Å². The fraction of sp³-hybridized carbons (Fsp3) is 0.333. The summed E-state index contributed by atoms with van der Waals surface area (Å²) >= 11 is 0. The van der Waals surface area contributed by atoms with Crippen LogP contribution in [0, 0.1) is 30.1 Å². The third-order valence-electron chi connectivity index (χ3n) is 1.48. The number of nitrogens with zero attached hydrogens (tertiary/aromatic N) is 3. The molecule has 1 rings (SSSR count). The van der Waals surface area contributed by atoms with Crippen LogP contribution in [0.3, 0.4) is 0 Å². The Kier molecular flexibility index (Phi) is 2.50. The van der Waals surface area contributed by atoms with Crippen molar-refractivity contribution in [2.45, 2.75) is 20.4 Å². The fourth-order valence-electron chi connectivity index (χ4n) is 0.869. The maximum atomic E-state index is 8.62. The molecule has 60 valence electrons. The molecule has 12 heavy (non-hydrogen) atoms. The van der Waals surface area contributed by atoms with E-state index in [1.54, 1.807) is 17.8 Å². The Morgan fingerprint density at radius 2 is 2.42 bits per heavy atom. The number of hydrogen-bond acceptors (Lipinski definition) is 2. The molecule has 0 aliphatic heterocycles. The Morgan fingerprint density at radius 3 is 2.92 bits per heavy atom. The monoisotopic (exact) mass is 159 g/mol. The minimum Gasteiger partial charge on any atom is -0.259 e. The number of nitriles is 1. The van der Waals surface area contributed by atoms with Crippen LogP contribution in [0.15, 0.2) is 6.20 Å². The smallest absolute Gasteiger partial charge is 0.103 e. The zero-order valence-electron chi connectivity index (χ0n) is 7.13. The molecule has 0 radical (unpaired) electrons. The lowest BCUT2D eigenvalue weighted by Crippen LogP contribution is -1.95. The Balaban J connectivity index is 2.88. The van der Waals surface area contributed by atoms with Crippen molar-refractivity contribution in [3.8, 4) is 17.9 Å². The van der Waals surface area contributed by atoms with Crippen molar-refractivity contribution < 1.29 is 0 Å². The summed E-state index contributed by atoms with van der Waals surface area (Å²) < 4.78 is 1.67. The Hall–Kier alpha value is -1.74. The lowest BCUT2D eigenvalue weighted by molar-refractivity contribution is 0.706. The van der Waals surface area contributed by atoms with Crippen LogP contribution >= 0.6 is 0 Å². The SMILES string of the molecule is CC#CCn1cc(C#N)c(C)n1. The van der Waals surface area contributed by atoms with Crippen LogP contribution in [0.2, 0.25) is 0 Å². The van der Waals surface area contributed by atoms with E-state index in [2.05, 4.69) is 23.0 Å². The molecule has 0 aliphatic rings. The van der Waals surface area contributed by atoms with E-state index in [0.717, 1.165) is 5.69 Å². The Morgan fingerprint density at radius 1 is 1.67 bits per heavy atom. The van der Waals surface area contributed by atoms with Gasteiger partial charge in [0.2, 0.25) is 0 Å². The lowest BCUT2D eigenvalue weighted by Gasteiger charge is -1.89. The molecule has 0 amide bonds. The molecule has 0 spiro atoms. The van der Waals surface area contributed by atoms with Crippen molar-refractivity contribution in [1.82, 2.24) is 9.78 Å². The van der Waals surface area contributed by atoms with Crippen LogP contribution in [0.5, 0.6) is 0 Å². The molecule has 0 atom stereocenters. The highest BCUT2D eigenvalue weighted by Gasteiger charge is 2.01. The summed E-state index contributed by atoms with van der Waals surface area (Å²) in [7, 11) is 0. The van der Waals surface area contributed by atoms with Gasteiger partial charge in [0.05, 0.1) is 11.3 Å². The molecule has 1 aromatic heterocycles. The van der Waals surface area contributed by atoms with Gasteiger partial charge in [0.25, 0.3) is 0 Å². The van der Waals surface area contributed by atoms with Gasteiger partial charge in [-0.15, -0.1) is 5.92 Å². The van der Waals surface area contributed by atoms with Crippen LogP contribution in [-0.4, -0.2) is 9.78 Å². The van der Waals surface area contributed by atoms with Crippen LogP contribution in [0.1, 0.15) is 18.2 Å². The van der Waals surface area contributed by atoms with Gasteiger partial charge in [-0.1, -0.05) is 5.92 Å². The van der Waals surface area contributed by atoms with Gasteiger partial charge in [-0.3, -0.25) is 4.68 Å². The van der Waals surface area contributed by atoms with Gasteiger partial charge < -0.3 is 0 Å². The third-order valence-corrected chi connectivity index (χ3v) is 1.48. The average molecular weight is 159 g/mol. The van der Waals surface area contributed by atoms with Crippen LogP contribution in [0.25, 0.3) is 0 Å². The van der Waals surface area contributed by atoms with E-state index >= 15 is 0 Å². The zero-order chi connectivity index (χ0) is 8.97. The second kappa shape index (κ2) is 3.59. The molecule has 0 saturated carbocycles. The first-order valence-electron chi connectivity index (χ1n) is 3.61. The third kappa shape index (κ3) is 1.65.